The molecule has 1 aromatic heterocycles. The monoisotopic (exact) mass is 454 g/mol. The molecule has 3 aromatic rings. The van der Waals surface area contributed by atoms with Gasteiger partial charge in [-0.1, -0.05) is 12.1 Å². The summed E-state index contributed by atoms with van der Waals surface area (Å²) in [5.74, 6) is -0.491. The number of rotatable bonds is 7. The van der Waals surface area contributed by atoms with Crippen LogP contribution in [0, 0.1) is 5.82 Å². The van der Waals surface area contributed by atoms with Crippen molar-refractivity contribution in [3.8, 4) is 5.75 Å². The largest absolute Gasteiger partial charge is 0.495 e. The number of esters is 1. The lowest BCUT2D eigenvalue weighted by molar-refractivity contribution is -0.116. The number of hydrogen-bond acceptors (Lipinski definition) is 6. The standard InChI is InChI=1S/C24H27FN4O4/c1-32-20-6-4-3-5-19(20)29-13-11-28(12-14-29)10-9-21(30)27-22-17-15-16(25)7-8-18(17)26-23(22)24(31)33-2/h3-8,15,26H,9-14H2,1-2H3,(H,27,30). The number of para-hydroxylation sites is 2. The maximum absolute atomic E-state index is 13.8. The number of aromatic amines is 1. The SMILES string of the molecule is COC(=O)c1[nH]c2ccc(F)cc2c1NC(=O)CCN1CCN(c2ccccc2OC)CC1. The van der Waals surface area contributed by atoms with Crippen LogP contribution >= 0.6 is 0 Å². The number of hydrogen-bond donors (Lipinski definition) is 2. The molecule has 2 N–H and O–H groups in total. The molecular formula is C24H27FN4O4. The third-order valence-electron chi connectivity index (χ3n) is 5.87. The molecule has 1 fully saturated rings. The normalized spacial score (nSPS) is 14.3. The van der Waals surface area contributed by atoms with Crippen LogP contribution < -0.4 is 15.0 Å². The van der Waals surface area contributed by atoms with E-state index in [-0.39, 0.29) is 23.7 Å². The van der Waals surface area contributed by atoms with Gasteiger partial charge >= 0.3 is 5.97 Å². The highest BCUT2D eigenvalue weighted by Crippen LogP contribution is 2.30. The Balaban J connectivity index is 1.36. The maximum Gasteiger partial charge on any atom is 0.356 e. The first-order valence-electron chi connectivity index (χ1n) is 10.8. The third-order valence-corrected chi connectivity index (χ3v) is 5.87. The minimum atomic E-state index is -0.630. The van der Waals surface area contributed by atoms with Gasteiger partial charge in [0, 0.05) is 50.0 Å². The molecule has 0 radical (unpaired) electrons. The number of anilines is 2. The molecule has 0 bridgehead atoms. The molecule has 33 heavy (non-hydrogen) atoms. The summed E-state index contributed by atoms with van der Waals surface area (Å²) in [6, 6.07) is 12.0. The predicted molar refractivity (Wildman–Crippen MR) is 124 cm³/mol. The number of carbonyl (C=O) groups excluding carboxylic acids is 2. The van der Waals surface area contributed by atoms with E-state index in [0.29, 0.717) is 17.4 Å². The summed E-state index contributed by atoms with van der Waals surface area (Å²) >= 11 is 0. The van der Waals surface area contributed by atoms with Gasteiger partial charge in [0.25, 0.3) is 0 Å². The van der Waals surface area contributed by atoms with Crippen molar-refractivity contribution >= 4 is 34.2 Å². The molecule has 9 heteroatoms. The van der Waals surface area contributed by atoms with Crippen molar-refractivity contribution in [3.63, 3.8) is 0 Å². The molecule has 0 unspecified atom stereocenters. The van der Waals surface area contributed by atoms with E-state index in [0.717, 1.165) is 37.6 Å². The van der Waals surface area contributed by atoms with E-state index in [9.17, 15) is 14.0 Å². The second-order valence-electron chi connectivity index (χ2n) is 7.86. The van der Waals surface area contributed by atoms with Gasteiger partial charge < -0.3 is 24.7 Å². The lowest BCUT2D eigenvalue weighted by Gasteiger charge is -2.36. The van der Waals surface area contributed by atoms with Crippen LogP contribution in [0.25, 0.3) is 10.9 Å². The van der Waals surface area contributed by atoms with Crippen LogP contribution in [0.3, 0.4) is 0 Å². The zero-order chi connectivity index (χ0) is 23.4. The number of ether oxygens (including phenoxy) is 2. The van der Waals surface area contributed by atoms with Crippen LogP contribution in [-0.2, 0) is 9.53 Å². The lowest BCUT2D eigenvalue weighted by atomic mass is 10.2. The van der Waals surface area contributed by atoms with Gasteiger partial charge in [-0.05, 0) is 30.3 Å². The molecule has 0 spiro atoms. The van der Waals surface area contributed by atoms with Gasteiger partial charge in [-0.2, -0.15) is 0 Å². The summed E-state index contributed by atoms with van der Waals surface area (Å²) in [7, 11) is 2.92. The van der Waals surface area contributed by atoms with Gasteiger partial charge in [-0.15, -0.1) is 0 Å². The second kappa shape index (κ2) is 9.91. The Morgan fingerprint density at radius 1 is 1.09 bits per heavy atom. The van der Waals surface area contributed by atoms with Crippen LogP contribution in [-0.4, -0.2) is 68.7 Å². The molecule has 174 valence electrons. The summed E-state index contributed by atoms with van der Waals surface area (Å²) in [6.45, 7) is 3.87. The number of nitrogens with zero attached hydrogens (tertiary/aromatic N) is 2. The summed E-state index contributed by atoms with van der Waals surface area (Å²) < 4.78 is 24.0. The Bertz CT molecular complexity index is 1150. The Labute approximate surface area is 191 Å². The quantitative estimate of drug-likeness (QED) is 0.533. The molecule has 0 aliphatic carbocycles. The van der Waals surface area contributed by atoms with Crippen molar-refractivity contribution in [2.24, 2.45) is 0 Å². The highest BCUT2D eigenvalue weighted by atomic mass is 19.1. The Kier molecular flexibility index (Phi) is 6.79. The average Bonchev–Trinajstić information content (AvgIpc) is 3.19. The number of benzene rings is 2. The third kappa shape index (κ3) is 4.93. The van der Waals surface area contributed by atoms with Gasteiger partial charge in [-0.25, -0.2) is 9.18 Å². The number of methoxy groups -OCH3 is 2. The van der Waals surface area contributed by atoms with Crippen LogP contribution in [0.1, 0.15) is 16.9 Å². The fraction of sp³-hybridized carbons (Fsp3) is 0.333. The average molecular weight is 455 g/mol. The highest BCUT2D eigenvalue weighted by molar-refractivity contribution is 6.11. The van der Waals surface area contributed by atoms with E-state index in [4.69, 9.17) is 9.47 Å². The minimum Gasteiger partial charge on any atom is -0.495 e. The van der Waals surface area contributed by atoms with Gasteiger partial charge in [-0.3, -0.25) is 9.69 Å². The molecule has 2 heterocycles. The Morgan fingerprint density at radius 3 is 2.58 bits per heavy atom. The number of amides is 1. The van der Waals surface area contributed by atoms with Crippen LogP contribution in [0.5, 0.6) is 5.75 Å². The molecule has 1 amide bonds. The molecular weight excluding hydrogens is 427 g/mol. The lowest BCUT2D eigenvalue weighted by Crippen LogP contribution is -2.47. The van der Waals surface area contributed by atoms with E-state index in [1.54, 1.807) is 7.11 Å². The van der Waals surface area contributed by atoms with E-state index < -0.39 is 11.8 Å². The van der Waals surface area contributed by atoms with Gasteiger partial charge in [0.2, 0.25) is 5.91 Å². The zero-order valence-electron chi connectivity index (χ0n) is 18.7. The number of halogens is 1. The highest BCUT2D eigenvalue weighted by Gasteiger charge is 2.23. The fourth-order valence-electron chi connectivity index (χ4n) is 4.11. The molecule has 2 aromatic carbocycles. The van der Waals surface area contributed by atoms with E-state index in [1.807, 2.05) is 24.3 Å². The number of H-pyrrole nitrogens is 1. The summed E-state index contributed by atoms with van der Waals surface area (Å²) in [5, 5.41) is 3.20. The Morgan fingerprint density at radius 2 is 1.85 bits per heavy atom. The number of carbonyl (C=O) groups is 2. The van der Waals surface area contributed by atoms with Gasteiger partial charge in [0.15, 0.2) is 0 Å². The molecule has 0 saturated carbocycles. The van der Waals surface area contributed by atoms with Gasteiger partial charge in [0.05, 0.1) is 25.6 Å². The summed E-state index contributed by atoms with van der Waals surface area (Å²) in [5.41, 5.74) is 1.94. The predicted octanol–water partition coefficient (Wildman–Crippen LogP) is 3.25. The van der Waals surface area contributed by atoms with Crippen LogP contribution in [0.4, 0.5) is 15.8 Å². The molecule has 0 atom stereocenters. The number of nitrogens with one attached hydrogen (secondary N) is 2. The molecule has 8 nitrogen and oxygen atoms in total. The first-order chi connectivity index (χ1) is 16.0. The molecule has 1 saturated heterocycles. The van der Waals surface area contributed by atoms with Crippen molar-refractivity contribution < 1.29 is 23.5 Å². The zero-order valence-corrected chi connectivity index (χ0v) is 18.7. The maximum atomic E-state index is 13.8. The fourth-order valence-corrected chi connectivity index (χ4v) is 4.11. The summed E-state index contributed by atoms with van der Waals surface area (Å²) in [4.78, 5) is 32.2. The van der Waals surface area contributed by atoms with Crippen molar-refractivity contribution in [1.29, 1.82) is 0 Å². The molecule has 1 aliphatic heterocycles. The first-order valence-corrected chi connectivity index (χ1v) is 10.8. The smallest absolute Gasteiger partial charge is 0.356 e. The van der Waals surface area contributed by atoms with Crippen LogP contribution in [0.15, 0.2) is 42.5 Å². The van der Waals surface area contributed by atoms with Crippen molar-refractivity contribution in [3.05, 3.63) is 54.0 Å². The molecule has 1 aliphatic rings. The number of piperazine rings is 1. The van der Waals surface area contributed by atoms with Gasteiger partial charge in [0.1, 0.15) is 17.3 Å². The van der Waals surface area contributed by atoms with Crippen molar-refractivity contribution in [2.75, 3.05) is 57.2 Å². The summed E-state index contributed by atoms with van der Waals surface area (Å²) in [6.07, 6.45) is 0.247. The number of fused-ring (bicyclic) bond motifs is 1. The minimum absolute atomic E-state index is 0.0943. The molecule has 4 rings (SSSR count). The first kappa shape index (κ1) is 22.6. The topological polar surface area (TPSA) is 86.9 Å². The van der Waals surface area contributed by atoms with E-state index in [1.165, 1.54) is 25.3 Å². The van der Waals surface area contributed by atoms with E-state index in [2.05, 4.69) is 20.1 Å². The van der Waals surface area contributed by atoms with Crippen molar-refractivity contribution in [1.82, 2.24) is 9.88 Å². The Hall–Kier alpha value is -3.59. The van der Waals surface area contributed by atoms with Crippen LogP contribution in [0.2, 0.25) is 0 Å². The second-order valence-corrected chi connectivity index (χ2v) is 7.86. The van der Waals surface area contributed by atoms with Crippen molar-refractivity contribution in [2.45, 2.75) is 6.42 Å². The number of aromatic nitrogens is 1. The van der Waals surface area contributed by atoms with E-state index >= 15 is 0 Å².